The van der Waals surface area contributed by atoms with Crippen molar-refractivity contribution in [3.63, 3.8) is 0 Å². The van der Waals surface area contributed by atoms with E-state index in [-0.39, 0.29) is 22.5 Å². The SMILES string of the molecule is Cc1ccc(Nc2c(C(=O)NO)cc3c(ncn3C)c2F)c(F)c1. The van der Waals surface area contributed by atoms with Crippen molar-refractivity contribution in [1.82, 2.24) is 15.0 Å². The summed E-state index contributed by atoms with van der Waals surface area (Å²) >= 11 is 0. The molecule has 0 atom stereocenters. The summed E-state index contributed by atoms with van der Waals surface area (Å²) in [6, 6.07) is 5.73. The van der Waals surface area contributed by atoms with Crippen LogP contribution in [-0.2, 0) is 7.05 Å². The standard InChI is InChI=1S/C16H14F2N4O2/c1-8-3-4-11(10(17)5-8)20-14-9(16(23)21-24)6-12-15(13(14)18)19-7-22(12)2/h3-7,20,24H,1-2H3,(H,21,23). The van der Waals surface area contributed by atoms with E-state index in [1.54, 1.807) is 20.0 Å². The molecule has 0 spiro atoms. The molecule has 0 bridgehead atoms. The summed E-state index contributed by atoms with van der Waals surface area (Å²) in [5.41, 5.74) is 2.12. The second-order valence-corrected chi connectivity index (χ2v) is 5.39. The number of amides is 1. The van der Waals surface area contributed by atoms with Crippen LogP contribution in [0.15, 0.2) is 30.6 Å². The molecule has 3 rings (SSSR count). The van der Waals surface area contributed by atoms with E-state index in [1.165, 1.54) is 34.6 Å². The Labute approximate surface area is 135 Å². The lowest BCUT2D eigenvalue weighted by atomic mass is 10.1. The number of anilines is 2. The number of rotatable bonds is 3. The molecule has 124 valence electrons. The number of carbonyl (C=O) groups is 1. The summed E-state index contributed by atoms with van der Waals surface area (Å²) in [5.74, 6) is -2.33. The Morgan fingerprint density at radius 2 is 2.04 bits per heavy atom. The molecule has 24 heavy (non-hydrogen) atoms. The topological polar surface area (TPSA) is 79.2 Å². The maximum Gasteiger partial charge on any atom is 0.276 e. The zero-order chi connectivity index (χ0) is 17.4. The van der Waals surface area contributed by atoms with Gasteiger partial charge in [0, 0.05) is 7.05 Å². The van der Waals surface area contributed by atoms with Crippen molar-refractivity contribution in [2.24, 2.45) is 7.05 Å². The molecule has 1 amide bonds. The van der Waals surface area contributed by atoms with Crippen LogP contribution in [0, 0.1) is 18.6 Å². The van der Waals surface area contributed by atoms with Gasteiger partial charge in [-0.1, -0.05) is 6.07 Å². The Balaban J connectivity index is 2.21. The first kappa shape index (κ1) is 15.9. The molecular weight excluding hydrogens is 318 g/mol. The molecule has 0 aliphatic heterocycles. The van der Waals surface area contributed by atoms with Crippen molar-refractivity contribution < 1.29 is 18.8 Å². The smallest absolute Gasteiger partial charge is 0.276 e. The lowest BCUT2D eigenvalue weighted by Crippen LogP contribution is -2.20. The summed E-state index contributed by atoms with van der Waals surface area (Å²) in [5, 5.41) is 11.5. The van der Waals surface area contributed by atoms with Gasteiger partial charge in [0.15, 0.2) is 5.82 Å². The molecule has 3 aromatic rings. The Morgan fingerprint density at radius 1 is 1.29 bits per heavy atom. The average Bonchev–Trinajstić information content (AvgIpc) is 2.92. The molecule has 1 aromatic heterocycles. The number of hydroxylamine groups is 1. The van der Waals surface area contributed by atoms with Crippen molar-refractivity contribution >= 4 is 28.3 Å². The highest BCUT2D eigenvalue weighted by Crippen LogP contribution is 2.31. The van der Waals surface area contributed by atoms with Crippen molar-refractivity contribution in [2.45, 2.75) is 6.92 Å². The summed E-state index contributed by atoms with van der Waals surface area (Å²) < 4.78 is 30.4. The van der Waals surface area contributed by atoms with E-state index in [9.17, 15) is 13.6 Å². The van der Waals surface area contributed by atoms with E-state index in [1.807, 2.05) is 0 Å². The minimum Gasteiger partial charge on any atom is -0.350 e. The van der Waals surface area contributed by atoms with Crippen molar-refractivity contribution in [3.05, 3.63) is 53.4 Å². The summed E-state index contributed by atoms with van der Waals surface area (Å²) in [7, 11) is 1.64. The van der Waals surface area contributed by atoms with E-state index in [2.05, 4.69) is 10.3 Å². The maximum absolute atomic E-state index is 14.8. The van der Waals surface area contributed by atoms with E-state index in [0.29, 0.717) is 11.1 Å². The molecule has 0 saturated heterocycles. The Morgan fingerprint density at radius 3 is 2.71 bits per heavy atom. The zero-order valence-corrected chi connectivity index (χ0v) is 12.9. The Hall–Kier alpha value is -3.00. The molecule has 0 unspecified atom stereocenters. The first-order valence-corrected chi connectivity index (χ1v) is 7.03. The molecule has 0 aliphatic rings. The molecule has 6 nitrogen and oxygen atoms in total. The second-order valence-electron chi connectivity index (χ2n) is 5.39. The number of nitrogens with zero attached hydrogens (tertiary/aromatic N) is 2. The van der Waals surface area contributed by atoms with Gasteiger partial charge in [0.2, 0.25) is 0 Å². The molecule has 8 heteroatoms. The highest BCUT2D eigenvalue weighted by Gasteiger charge is 2.22. The largest absolute Gasteiger partial charge is 0.350 e. The van der Waals surface area contributed by atoms with Gasteiger partial charge < -0.3 is 9.88 Å². The molecule has 1 heterocycles. The van der Waals surface area contributed by atoms with Crippen LogP contribution in [0.2, 0.25) is 0 Å². The van der Waals surface area contributed by atoms with Crippen LogP contribution >= 0.6 is 0 Å². The predicted octanol–water partition coefficient (Wildman–Crippen LogP) is 3.02. The van der Waals surface area contributed by atoms with Crippen molar-refractivity contribution in [1.29, 1.82) is 0 Å². The number of aryl methyl sites for hydroxylation is 2. The molecule has 0 fully saturated rings. The fourth-order valence-corrected chi connectivity index (χ4v) is 2.44. The fraction of sp³-hybridized carbons (Fsp3) is 0.125. The third-order valence-corrected chi connectivity index (χ3v) is 3.69. The van der Waals surface area contributed by atoms with Crippen molar-refractivity contribution in [2.75, 3.05) is 5.32 Å². The van der Waals surface area contributed by atoms with Crippen LogP contribution in [-0.4, -0.2) is 20.7 Å². The minimum atomic E-state index is -0.924. The number of fused-ring (bicyclic) bond motifs is 1. The van der Waals surface area contributed by atoms with E-state index in [4.69, 9.17) is 5.21 Å². The van der Waals surface area contributed by atoms with Crippen LogP contribution in [0.5, 0.6) is 0 Å². The summed E-state index contributed by atoms with van der Waals surface area (Å²) in [6.45, 7) is 1.72. The molecule has 2 aromatic carbocycles. The van der Waals surface area contributed by atoms with E-state index in [0.717, 1.165) is 0 Å². The molecule has 0 saturated carbocycles. The lowest BCUT2D eigenvalue weighted by molar-refractivity contribution is 0.0707. The van der Waals surface area contributed by atoms with Gasteiger partial charge >= 0.3 is 0 Å². The zero-order valence-electron chi connectivity index (χ0n) is 12.9. The Kier molecular flexibility index (Phi) is 3.90. The molecular formula is C16H14F2N4O2. The monoisotopic (exact) mass is 332 g/mol. The van der Waals surface area contributed by atoms with Gasteiger partial charge in [0.05, 0.1) is 28.8 Å². The second kappa shape index (κ2) is 5.89. The lowest BCUT2D eigenvalue weighted by Gasteiger charge is -2.14. The number of halogens is 2. The van der Waals surface area contributed by atoms with Crippen LogP contribution in [0.25, 0.3) is 11.0 Å². The predicted molar refractivity (Wildman–Crippen MR) is 84.3 cm³/mol. The van der Waals surface area contributed by atoms with Gasteiger partial charge in [-0.3, -0.25) is 10.0 Å². The number of aromatic nitrogens is 2. The highest BCUT2D eigenvalue weighted by atomic mass is 19.1. The fourth-order valence-electron chi connectivity index (χ4n) is 2.44. The molecule has 0 aliphatic carbocycles. The number of carbonyl (C=O) groups excluding carboxylic acids is 1. The maximum atomic E-state index is 14.8. The van der Waals surface area contributed by atoms with Crippen LogP contribution in [0.3, 0.4) is 0 Å². The summed E-state index contributed by atoms with van der Waals surface area (Å²) in [4.78, 5) is 15.8. The minimum absolute atomic E-state index is 0.00164. The van der Waals surface area contributed by atoms with Gasteiger partial charge in [-0.05, 0) is 30.7 Å². The van der Waals surface area contributed by atoms with E-state index < -0.39 is 17.5 Å². The first-order chi connectivity index (χ1) is 11.4. The van der Waals surface area contributed by atoms with E-state index >= 15 is 0 Å². The van der Waals surface area contributed by atoms with Gasteiger partial charge in [0.1, 0.15) is 11.3 Å². The number of hydrogen-bond donors (Lipinski definition) is 3. The van der Waals surface area contributed by atoms with Crippen LogP contribution < -0.4 is 10.8 Å². The number of benzene rings is 2. The van der Waals surface area contributed by atoms with Gasteiger partial charge in [0.25, 0.3) is 5.91 Å². The van der Waals surface area contributed by atoms with Gasteiger partial charge in [-0.15, -0.1) is 0 Å². The van der Waals surface area contributed by atoms with Crippen molar-refractivity contribution in [3.8, 4) is 0 Å². The average molecular weight is 332 g/mol. The third kappa shape index (κ3) is 2.56. The first-order valence-electron chi connectivity index (χ1n) is 7.03. The molecule has 0 radical (unpaired) electrons. The van der Waals surface area contributed by atoms with Crippen LogP contribution in [0.4, 0.5) is 20.2 Å². The normalized spacial score (nSPS) is 10.9. The number of imidazole rings is 1. The molecule has 3 N–H and O–H groups in total. The highest BCUT2D eigenvalue weighted by molar-refractivity contribution is 6.03. The number of hydrogen-bond acceptors (Lipinski definition) is 4. The summed E-state index contributed by atoms with van der Waals surface area (Å²) in [6.07, 6.45) is 1.39. The Bertz CT molecular complexity index is 953. The quantitative estimate of drug-likeness (QED) is 0.509. The van der Waals surface area contributed by atoms with Gasteiger partial charge in [-0.25, -0.2) is 19.2 Å². The van der Waals surface area contributed by atoms with Gasteiger partial charge in [-0.2, -0.15) is 0 Å². The third-order valence-electron chi connectivity index (χ3n) is 3.69. The van der Waals surface area contributed by atoms with Crippen LogP contribution in [0.1, 0.15) is 15.9 Å². The number of nitrogens with one attached hydrogen (secondary N) is 2.